The molecule has 0 fully saturated rings. The van der Waals surface area contributed by atoms with Crippen molar-refractivity contribution in [2.24, 2.45) is 0 Å². The lowest BCUT2D eigenvalue weighted by Gasteiger charge is -2.20. The van der Waals surface area contributed by atoms with E-state index in [2.05, 4.69) is 0 Å². The van der Waals surface area contributed by atoms with Crippen molar-refractivity contribution in [3.8, 4) is 11.5 Å². The number of Topliss-reactive ketones (excluding diaryl/α,β-unsaturated/α-hetero) is 1. The SMILES string of the molecule is CCC(=O)CCc1c(C)c(OC(C)=O)c(C)c(C)c1OC(C)=O. The van der Waals surface area contributed by atoms with Crippen LogP contribution in [0.5, 0.6) is 11.5 Å². The normalized spacial score (nSPS) is 10.3. The Morgan fingerprint density at radius 3 is 1.78 bits per heavy atom. The van der Waals surface area contributed by atoms with Crippen LogP contribution in [0.1, 0.15) is 55.9 Å². The Hall–Kier alpha value is -2.17. The van der Waals surface area contributed by atoms with Gasteiger partial charge in [-0.25, -0.2) is 0 Å². The van der Waals surface area contributed by atoms with Crippen molar-refractivity contribution < 1.29 is 23.9 Å². The maximum absolute atomic E-state index is 11.7. The van der Waals surface area contributed by atoms with Crippen LogP contribution in [0.2, 0.25) is 0 Å². The monoisotopic (exact) mass is 320 g/mol. The van der Waals surface area contributed by atoms with E-state index in [0.29, 0.717) is 30.8 Å². The summed E-state index contributed by atoms with van der Waals surface area (Å²) in [7, 11) is 0. The molecule has 0 saturated heterocycles. The summed E-state index contributed by atoms with van der Waals surface area (Å²) in [6.45, 7) is 9.93. The number of ketones is 1. The van der Waals surface area contributed by atoms with Crippen molar-refractivity contribution in [1.82, 2.24) is 0 Å². The Bertz CT molecular complexity index is 644. The van der Waals surface area contributed by atoms with Gasteiger partial charge < -0.3 is 9.47 Å². The molecule has 0 amide bonds. The average molecular weight is 320 g/mol. The molecule has 0 unspecified atom stereocenters. The van der Waals surface area contributed by atoms with Gasteiger partial charge in [-0.3, -0.25) is 14.4 Å². The Balaban J connectivity index is 3.45. The van der Waals surface area contributed by atoms with Crippen LogP contribution in [-0.2, 0) is 20.8 Å². The summed E-state index contributed by atoms with van der Waals surface area (Å²) in [5.74, 6) is 0.240. The highest BCUT2D eigenvalue weighted by atomic mass is 16.5. The van der Waals surface area contributed by atoms with Gasteiger partial charge in [0.1, 0.15) is 17.3 Å². The first-order valence-electron chi connectivity index (χ1n) is 7.70. The molecular weight excluding hydrogens is 296 g/mol. The molecule has 1 aromatic carbocycles. The van der Waals surface area contributed by atoms with E-state index in [-0.39, 0.29) is 5.78 Å². The number of rotatable bonds is 6. The van der Waals surface area contributed by atoms with E-state index in [0.717, 1.165) is 22.3 Å². The third-order valence-electron chi connectivity index (χ3n) is 3.85. The van der Waals surface area contributed by atoms with Gasteiger partial charge in [-0.2, -0.15) is 0 Å². The molecule has 0 aliphatic heterocycles. The second-order valence-corrected chi connectivity index (χ2v) is 5.59. The summed E-state index contributed by atoms with van der Waals surface area (Å²) >= 11 is 0. The van der Waals surface area contributed by atoms with Crippen molar-refractivity contribution in [3.05, 3.63) is 22.3 Å². The molecule has 23 heavy (non-hydrogen) atoms. The molecule has 0 aliphatic carbocycles. The van der Waals surface area contributed by atoms with Crippen LogP contribution in [0.4, 0.5) is 0 Å². The first-order chi connectivity index (χ1) is 10.7. The zero-order chi connectivity index (χ0) is 17.7. The van der Waals surface area contributed by atoms with Gasteiger partial charge in [-0.1, -0.05) is 6.92 Å². The summed E-state index contributed by atoms with van der Waals surface area (Å²) in [5.41, 5.74) is 2.95. The highest BCUT2D eigenvalue weighted by Crippen LogP contribution is 2.38. The standard InChI is InChI=1S/C18H24O5/c1-7-15(21)8-9-16-12(4)17(22-13(5)19)10(2)11(3)18(16)23-14(6)20/h7-9H2,1-6H3. The molecule has 0 N–H and O–H groups in total. The highest BCUT2D eigenvalue weighted by molar-refractivity contribution is 5.79. The van der Waals surface area contributed by atoms with Crippen LogP contribution in [-0.4, -0.2) is 17.7 Å². The number of benzene rings is 1. The van der Waals surface area contributed by atoms with Crippen molar-refractivity contribution in [2.45, 2.75) is 60.8 Å². The van der Waals surface area contributed by atoms with Gasteiger partial charge >= 0.3 is 11.9 Å². The fourth-order valence-corrected chi connectivity index (χ4v) is 2.48. The molecule has 0 aliphatic rings. The van der Waals surface area contributed by atoms with Crippen molar-refractivity contribution >= 4 is 17.7 Å². The second kappa shape index (κ2) is 7.90. The lowest BCUT2D eigenvalue weighted by molar-refractivity contribution is -0.133. The van der Waals surface area contributed by atoms with Gasteiger partial charge in [0.15, 0.2) is 0 Å². The Kier molecular flexibility index (Phi) is 6.49. The van der Waals surface area contributed by atoms with Gasteiger partial charge in [-0.05, 0) is 43.9 Å². The minimum atomic E-state index is -0.421. The first kappa shape index (κ1) is 18.9. The highest BCUT2D eigenvalue weighted by Gasteiger charge is 2.22. The van der Waals surface area contributed by atoms with Crippen molar-refractivity contribution in [2.75, 3.05) is 0 Å². The fraction of sp³-hybridized carbons (Fsp3) is 0.500. The Morgan fingerprint density at radius 2 is 1.30 bits per heavy atom. The molecule has 126 valence electrons. The minimum Gasteiger partial charge on any atom is -0.426 e. The lowest BCUT2D eigenvalue weighted by Crippen LogP contribution is -2.12. The third kappa shape index (κ3) is 4.65. The molecule has 0 radical (unpaired) electrons. The van der Waals surface area contributed by atoms with Crippen LogP contribution in [0, 0.1) is 20.8 Å². The number of ether oxygens (including phenoxy) is 2. The first-order valence-corrected chi connectivity index (χ1v) is 7.70. The summed E-state index contributed by atoms with van der Waals surface area (Å²) < 4.78 is 10.7. The Morgan fingerprint density at radius 1 is 0.826 bits per heavy atom. The number of carbonyl (C=O) groups is 3. The summed E-state index contributed by atoms with van der Waals surface area (Å²) in [4.78, 5) is 34.4. The zero-order valence-electron chi connectivity index (χ0n) is 14.7. The molecule has 1 rings (SSSR count). The maximum atomic E-state index is 11.7. The van der Waals surface area contributed by atoms with E-state index >= 15 is 0 Å². The van der Waals surface area contributed by atoms with Crippen LogP contribution in [0.3, 0.4) is 0 Å². The molecule has 1 aromatic rings. The number of esters is 2. The lowest BCUT2D eigenvalue weighted by atomic mass is 9.93. The van der Waals surface area contributed by atoms with Crippen LogP contribution < -0.4 is 9.47 Å². The van der Waals surface area contributed by atoms with Crippen LogP contribution in [0.15, 0.2) is 0 Å². The molecule has 0 saturated carbocycles. The summed E-state index contributed by atoms with van der Waals surface area (Å²) in [5, 5.41) is 0. The van der Waals surface area contributed by atoms with Crippen LogP contribution >= 0.6 is 0 Å². The number of hydrogen-bond acceptors (Lipinski definition) is 5. The van der Waals surface area contributed by atoms with E-state index in [1.807, 2.05) is 27.7 Å². The van der Waals surface area contributed by atoms with E-state index in [1.54, 1.807) is 0 Å². The molecule has 5 heteroatoms. The number of hydrogen-bond donors (Lipinski definition) is 0. The van der Waals surface area contributed by atoms with E-state index in [4.69, 9.17) is 9.47 Å². The largest absolute Gasteiger partial charge is 0.426 e. The summed E-state index contributed by atoms with van der Waals surface area (Å²) in [6.07, 6.45) is 1.26. The van der Waals surface area contributed by atoms with Gasteiger partial charge in [0.25, 0.3) is 0 Å². The van der Waals surface area contributed by atoms with Gasteiger partial charge in [-0.15, -0.1) is 0 Å². The Labute approximate surface area is 137 Å². The average Bonchev–Trinajstić information content (AvgIpc) is 2.47. The minimum absolute atomic E-state index is 0.130. The van der Waals surface area contributed by atoms with Gasteiger partial charge in [0, 0.05) is 32.3 Å². The van der Waals surface area contributed by atoms with E-state index in [1.165, 1.54) is 13.8 Å². The molecule has 0 heterocycles. The van der Waals surface area contributed by atoms with Crippen molar-refractivity contribution in [1.29, 1.82) is 0 Å². The van der Waals surface area contributed by atoms with E-state index in [9.17, 15) is 14.4 Å². The van der Waals surface area contributed by atoms with Crippen molar-refractivity contribution in [3.63, 3.8) is 0 Å². The predicted octanol–water partition coefficient (Wildman–Crippen LogP) is 3.37. The third-order valence-corrected chi connectivity index (χ3v) is 3.85. The fourth-order valence-electron chi connectivity index (χ4n) is 2.48. The quantitative estimate of drug-likeness (QED) is 0.593. The molecule has 5 nitrogen and oxygen atoms in total. The molecule has 0 bridgehead atoms. The van der Waals surface area contributed by atoms with Gasteiger partial charge in [0.05, 0.1) is 0 Å². The molecule has 0 aromatic heterocycles. The zero-order valence-corrected chi connectivity index (χ0v) is 14.7. The maximum Gasteiger partial charge on any atom is 0.308 e. The second-order valence-electron chi connectivity index (χ2n) is 5.59. The topological polar surface area (TPSA) is 69.7 Å². The number of carbonyl (C=O) groups excluding carboxylic acids is 3. The predicted molar refractivity (Wildman–Crippen MR) is 86.9 cm³/mol. The summed E-state index contributed by atoms with van der Waals surface area (Å²) in [6, 6.07) is 0. The smallest absolute Gasteiger partial charge is 0.308 e. The molecular formula is C18H24O5. The van der Waals surface area contributed by atoms with E-state index < -0.39 is 11.9 Å². The van der Waals surface area contributed by atoms with Crippen LogP contribution in [0.25, 0.3) is 0 Å². The van der Waals surface area contributed by atoms with Gasteiger partial charge in [0.2, 0.25) is 0 Å². The molecule has 0 spiro atoms. The molecule has 0 atom stereocenters.